The van der Waals surface area contributed by atoms with Crippen molar-refractivity contribution in [3.05, 3.63) is 106 Å². The molecule has 9 heteroatoms. The van der Waals surface area contributed by atoms with Crippen molar-refractivity contribution in [2.45, 2.75) is 11.7 Å². The van der Waals surface area contributed by atoms with Gasteiger partial charge in [-0.3, -0.25) is 29.3 Å². The van der Waals surface area contributed by atoms with Gasteiger partial charge in [-0.05, 0) is 11.6 Å². The maximum Gasteiger partial charge on any atom is 0.271 e. The first kappa shape index (κ1) is 21.1. The number of ether oxygens (including phenoxy) is 1. The zero-order chi connectivity index (χ0) is 24.5. The molecule has 9 nitrogen and oxygen atoms in total. The van der Waals surface area contributed by atoms with Crippen LogP contribution in [0.1, 0.15) is 32.4 Å². The van der Waals surface area contributed by atoms with Crippen LogP contribution < -0.4 is 4.90 Å². The van der Waals surface area contributed by atoms with Crippen molar-refractivity contribution in [2.24, 2.45) is 11.8 Å². The second-order valence-electron chi connectivity index (χ2n) is 8.68. The number of nitro benzene ring substituents is 1. The average molecular weight is 468 g/mol. The molecule has 2 amide bonds. The highest BCUT2D eigenvalue weighted by Gasteiger charge is 2.74. The summed E-state index contributed by atoms with van der Waals surface area (Å²) in [6, 6.07) is 20.0. The summed E-state index contributed by atoms with van der Waals surface area (Å²) in [4.78, 5) is 66.4. The molecule has 0 unspecified atom stereocenters. The largest absolute Gasteiger partial charge is 0.349 e. The molecule has 1 spiro atoms. The van der Waals surface area contributed by atoms with Crippen LogP contribution in [0.2, 0.25) is 0 Å². The number of rotatable bonds is 3. The number of anilines is 1. The lowest BCUT2D eigenvalue weighted by Crippen LogP contribution is -2.51. The smallest absolute Gasteiger partial charge is 0.271 e. The summed E-state index contributed by atoms with van der Waals surface area (Å²) < 4.78 is 6.18. The number of non-ortho nitro benzene ring substituents is 1. The second kappa shape index (κ2) is 7.25. The molecule has 2 aliphatic heterocycles. The molecule has 3 aliphatic rings. The molecule has 2 heterocycles. The van der Waals surface area contributed by atoms with Crippen LogP contribution in [0.5, 0.6) is 0 Å². The van der Waals surface area contributed by atoms with Crippen LogP contribution in [0.15, 0.2) is 78.9 Å². The molecular formula is C26H16N2O7. The molecule has 0 N–H and O–H groups in total. The van der Waals surface area contributed by atoms with Crippen molar-refractivity contribution < 1.29 is 28.8 Å². The molecule has 1 aliphatic carbocycles. The Morgan fingerprint density at radius 1 is 0.800 bits per heavy atom. The van der Waals surface area contributed by atoms with Gasteiger partial charge in [0, 0.05) is 23.3 Å². The van der Waals surface area contributed by atoms with Crippen molar-refractivity contribution in [1.29, 1.82) is 0 Å². The van der Waals surface area contributed by atoms with Crippen molar-refractivity contribution in [1.82, 2.24) is 0 Å². The predicted octanol–water partition coefficient (Wildman–Crippen LogP) is 3.29. The fourth-order valence-corrected chi connectivity index (χ4v) is 5.46. The summed E-state index contributed by atoms with van der Waals surface area (Å²) in [6.45, 7) is 0. The molecule has 3 aromatic carbocycles. The number of amides is 2. The summed E-state index contributed by atoms with van der Waals surface area (Å²) in [5.74, 6) is -5.36. The van der Waals surface area contributed by atoms with E-state index in [1.54, 1.807) is 42.5 Å². The molecule has 35 heavy (non-hydrogen) atoms. The van der Waals surface area contributed by atoms with Crippen LogP contribution in [-0.4, -0.2) is 33.9 Å². The van der Waals surface area contributed by atoms with Crippen molar-refractivity contribution in [3.63, 3.8) is 0 Å². The quantitative estimate of drug-likeness (QED) is 0.250. The van der Waals surface area contributed by atoms with E-state index >= 15 is 0 Å². The number of fused-ring (bicyclic) bond motifs is 3. The Morgan fingerprint density at radius 2 is 1.43 bits per heavy atom. The Kier molecular flexibility index (Phi) is 4.36. The number of benzene rings is 3. The van der Waals surface area contributed by atoms with Crippen LogP contribution >= 0.6 is 0 Å². The highest BCUT2D eigenvalue weighted by atomic mass is 16.6. The molecule has 0 aromatic heterocycles. The van der Waals surface area contributed by atoms with Gasteiger partial charge in [0.05, 0.1) is 28.6 Å². The number of carbonyl (C=O) groups is 4. The van der Waals surface area contributed by atoms with E-state index in [1.165, 1.54) is 30.3 Å². The molecule has 2 fully saturated rings. The van der Waals surface area contributed by atoms with Gasteiger partial charge in [-0.25, -0.2) is 4.90 Å². The van der Waals surface area contributed by atoms with E-state index in [9.17, 15) is 29.3 Å². The number of carbonyl (C=O) groups excluding carboxylic acids is 4. The lowest BCUT2D eigenvalue weighted by atomic mass is 9.77. The summed E-state index contributed by atoms with van der Waals surface area (Å²) in [6.07, 6.45) is -1.04. The van der Waals surface area contributed by atoms with E-state index < -0.39 is 51.8 Å². The average Bonchev–Trinajstić information content (AvgIpc) is 3.44. The maximum absolute atomic E-state index is 13.8. The van der Waals surface area contributed by atoms with Gasteiger partial charge in [0.15, 0.2) is 0 Å². The third-order valence-corrected chi connectivity index (χ3v) is 6.95. The Morgan fingerprint density at radius 3 is 2.06 bits per heavy atom. The molecule has 0 saturated carbocycles. The maximum atomic E-state index is 13.8. The molecule has 3 atom stereocenters. The number of nitrogens with zero attached hydrogens (tertiary/aromatic N) is 2. The third-order valence-electron chi connectivity index (χ3n) is 6.95. The van der Waals surface area contributed by atoms with Crippen molar-refractivity contribution in [2.75, 3.05) is 4.90 Å². The van der Waals surface area contributed by atoms with E-state index in [2.05, 4.69) is 0 Å². The summed E-state index contributed by atoms with van der Waals surface area (Å²) in [5.41, 5.74) is -1.67. The SMILES string of the molecule is O=C1[C@@H]2[C@@H](c3ccccc3)OC3(C(=O)c4ccccc4C3=O)[C@@H]2C(=O)N1c1cccc([N+](=O)[O-])c1. The van der Waals surface area contributed by atoms with Gasteiger partial charge in [0.2, 0.25) is 29.0 Å². The van der Waals surface area contributed by atoms with Gasteiger partial charge in [-0.15, -0.1) is 0 Å². The first-order valence-corrected chi connectivity index (χ1v) is 10.9. The fraction of sp³-hybridized carbons (Fsp3) is 0.154. The monoisotopic (exact) mass is 468 g/mol. The Labute approximate surface area is 198 Å². The van der Waals surface area contributed by atoms with E-state index in [0.717, 1.165) is 11.0 Å². The Hall–Kier alpha value is -4.50. The van der Waals surface area contributed by atoms with E-state index in [1.807, 2.05) is 0 Å². The van der Waals surface area contributed by atoms with Gasteiger partial charge in [0.25, 0.3) is 5.69 Å². The van der Waals surface area contributed by atoms with Crippen molar-refractivity contribution in [3.8, 4) is 0 Å². The number of hydrogen-bond acceptors (Lipinski definition) is 7. The first-order valence-electron chi connectivity index (χ1n) is 10.9. The molecule has 3 aromatic rings. The summed E-state index contributed by atoms with van der Waals surface area (Å²) >= 11 is 0. The van der Waals surface area contributed by atoms with Gasteiger partial charge < -0.3 is 4.74 Å². The molecule has 172 valence electrons. The standard InChI is InChI=1S/C26H16N2O7/c29-22-17-11-4-5-12-18(17)23(30)26(22)20-19(21(35-26)14-7-2-1-3-8-14)24(31)27(25(20)32)15-9-6-10-16(13-15)28(33)34/h1-13,19-21H/t19-,20-,21+/m0/s1. The van der Waals surface area contributed by atoms with Crippen LogP contribution in [0.4, 0.5) is 11.4 Å². The molecule has 2 saturated heterocycles. The Bertz CT molecular complexity index is 1430. The highest BCUT2D eigenvalue weighted by Crippen LogP contribution is 2.57. The topological polar surface area (TPSA) is 124 Å². The summed E-state index contributed by atoms with van der Waals surface area (Å²) in [5, 5.41) is 11.3. The molecule has 0 bridgehead atoms. The minimum atomic E-state index is -2.18. The molecular weight excluding hydrogens is 452 g/mol. The zero-order valence-corrected chi connectivity index (χ0v) is 18.0. The highest BCUT2D eigenvalue weighted by molar-refractivity contribution is 6.37. The minimum Gasteiger partial charge on any atom is -0.349 e. The predicted molar refractivity (Wildman–Crippen MR) is 121 cm³/mol. The van der Waals surface area contributed by atoms with Crippen LogP contribution in [0.3, 0.4) is 0 Å². The zero-order valence-electron chi connectivity index (χ0n) is 18.0. The van der Waals surface area contributed by atoms with Crippen LogP contribution in [-0.2, 0) is 14.3 Å². The third kappa shape index (κ3) is 2.66. The number of nitro groups is 1. The molecule has 6 rings (SSSR count). The van der Waals surface area contributed by atoms with Crippen molar-refractivity contribution >= 4 is 34.8 Å². The second-order valence-corrected chi connectivity index (χ2v) is 8.68. The lowest BCUT2D eigenvalue weighted by molar-refractivity contribution is -0.384. The number of imide groups is 1. The van der Waals surface area contributed by atoms with E-state index in [-0.39, 0.29) is 22.5 Å². The van der Waals surface area contributed by atoms with Gasteiger partial charge >= 0.3 is 0 Å². The number of ketones is 2. The fourth-order valence-electron chi connectivity index (χ4n) is 5.46. The van der Waals surface area contributed by atoms with E-state index in [4.69, 9.17) is 4.74 Å². The van der Waals surface area contributed by atoms with Crippen LogP contribution in [0, 0.1) is 22.0 Å². The van der Waals surface area contributed by atoms with Gasteiger partial charge in [-0.1, -0.05) is 60.7 Å². The van der Waals surface area contributed by atoms with E-state index in [0.29, 0.717) is 5.56 Å². The molecule has 0 radical (unpaired) electrons. The van der Waals surface area contributed by atoms with Gasteiger partial charge in [0.1, 0.15) is 0 Å². The number of hydrogen-bond donors (Lipinski definition) is 0. The Balaban J connectivity index is 1.54. The number of Topliss-reactive ketones (excluding diaryl/α,β-unsaturated/α-hetero) is 2. The van der Waals surface area contributed by atoms with Gasteiger partial charge in [-0.2, -0.15) is 0 Å². The normalized spacial score (nSPS) is 24.2. The summed E-state index contributed by atoms with van der Waals surface area (Å²) in [7, 11) is 0. The lowest BCUT2D eigenvalue weighted by Gasteiger charge is -2.27. The minimum absolute atomic E-state index is 0.000899. The first-order chi connectivity index (χ1) is 16.9. The van der Waals surface area contributed by atoms with Crippen LogP contribution in [0.25, 0.3) is 0 Å².